The van der Waals surface area contributed by atoms with Crippen molar-refractivity contribution >= 4 is 5.82 Å². The van der Waals surface area contributed by atoms with Crippen molar-refractivity contribution in [3.8, 4) is 11.4 Å². The Kier molecular flexibility index (Phi) is 4.10. The van der Waals surface area contributed by atoms with Gasteiger partial charge in [-0.2, -0.15) is 0 Å². The standard InChI is InChI=1S/C22H24N4O/c1-13-14(2)24-20(26-21(13)27)15-9-10-19(23-12-15)25-18-11-22(3,4)17-8-6-5-7-16(17)18/h5-10,12,18H,11H2,1-4H3,(H,23,25)(H,24,26,27). The average Bonchev–Trinajstić information content (AvgIpc) is 2.90. The van der Waals surface area contributed by atoms with E-state index in [2.05, 4.69) is 58.4 Å². The molecule has 0 radical (unpaired) electrons. The summed E-state index contributed by atoms with van der Waals surface area (Å²) >= 11 is 0. The highest BCUT2D eigenvalue weighted by Crippen LogP contribution is 2.45. The quantitative estimate of drug-likeness (QED) is 0.731. The molecule has 3 aromatic rings. The zero-order valence-corrected chi connectivity index (χ0v) is 16.1. The van der Waals surface area contributed by atoms with Gasteiger partial charge in [-0.15, -0.1) is 0 Å². The van der Waals surface area contributed by atoms with Crippen molar-refractivity contribution in [1.82, 2.24) is 15.0 Å². The number of rotatable bonds is 3. The van der Waals surface area contributed by atoms with Gasteiger partial charge in [0.05, 0.1) is 6.04 Å². The maximum Gasteiger partial charge on any atom is 0.254 e. The van der Waals surface area contributed by atoms with Crippen molar-refractivity contribution in [2.24, 2.45) is 0 Å². The molecule has 0 aliphatic heterocycles. The van der Waals surface area contributed by atoms with Gasteiger partial charge in [0.2, 0.25) is 0 Å². The first kappa shape index (κ1) is 17.5. The molecule has 1 unspecified atom stereocenters. The highest BCUT2D eigenvalue weighted by Gasteiger charge is 2.36. The first-order valence-electron chi connectivity index (χ1n) is 9.25. The van der Waals surface area contributed by atoms with Gasteiger partial charge < -0.3 is 10.3 Å². The van der Waals surface area contributed by atoms with Crippen LogP contribution in [-0.2, 0) is 5.41 Å². The smallest absolute Gasteiger partial charge is 0.254 e. The predicted molar refractivity (Wildman–Crippen MR) is 108 cm³/mol. The van der Waals surface area contributed by atoms with Crippen molar-refractivity contribution in [3.05, 3.63) is 75.3 Å². The Bertz CT molecular complexity index is 1050. The van der Waals surface area contributed by atoms with Crippen LogP contribution in [0.15, 0.2) is 47.4 Å². The number of benzene rings is 1. The molecule has 0 amide bonds. The number of anilines is 1. The number of nitrogens with one attached hydrogen (secondary N) is 2. The Morgan fingerprint density at radius 3 is 2.63 bits per heavy atom. The van der Waals surface area contributed by atoms with E-state index in [0.29, 0.717) is 11.4 Å². The SMILES string of the molecule is Cc1nc(-c2ccc(NC3CC(C)(C)c4ccccc43)nc2)[nH]c(=O)c1C. The molecule has 2 aromatic heterocycles. The molecule has 1 atom stereocenters. The molecule has 5 nitrogen and oxygen atoms in total. The molecule has 138 valence electrons. The van der Waals surface area contributed by atoms with Crippen LogP contribution in [0.2, 0.25) is 0 Å². The number of nitrogens with zero attached hydrogens (tertiary/aromatic N) is 2. The number of H-pyrrole nitrogens is 1. The molecule has 1 aliphatic rings. The second-order valence-electron chi connectivity index (χ2n) is 7.93. The van der Waals surface area contributed by atoms with Gasteiger partial charge in [0.25, 0.3) is 5.56 Å². The molecule has 1 aliphatic carbocycles. The lowest BCUT2D eigenvalue weighted by Crippen LogP contribution is -2.15. The van der Waals surface area contributed by atoms with E-state index in [-0.39, 0.29) is 17.0 Å². The first-order chi connectivity index (χ1) is 12.8. The molecule has 1 aromatic carbocycles. The largest absolute Gasteiger partial charge is 0.363 e. The van der Waals surface area contributed by atoms with Crippen LogP contribution < -0.4 is 10.9 Å². The minimum atomic E-state index is -0.107. The Morgan fingerprint density at radius 2 is 1.93 bits per heavy atom. The van der Waals surface area contributed by atoms with E-state index in [1.54, 1.807) is 13.1 Å². The summed E-state index contributed by atoms with van der Waals surface area (Å²) < 4.78 is 0. The highest BCUT2D eigenvalue weighted by atomic mass is 16.1. The minimum Gasteiger partial charge on any atom is -0.363 e. The number of aromatic amines is 1. The monoisotopic (exact) mass is 360 g/mol. The van der Waals surface area contributed by atoms with E-state index in [9.17, 15) is 4.79 Å². The molecule has 27 heavy (non-hydrogen) atoms. The van der Waals surface area contributed by atoms with E-state index in [4.69, 9.17) is 0 Å². The normalized spacial score (nSPS) is 17.6. The third kappa shape index (κ3) is 3.14. The summed E-state index contributed by atoms with van der Waals surface area (Å²) in [7, 11) is 0. The second kappa shape index (κ2) is 6.34. The van der Waals surface area contributed by atoms with Gasteiger partial charge in [0.15, 0.2) is 0 Å². The minimum absolute atomic E-state index is 0.107. The van der Waals surface area contributed by atoms with Gasteiger partial charge in [0, 0.05) is 23.0 Å². The molecule has 0 bridgehead atoms. The van der Waals surface area contributed by atoms with Gasteiger partial charge in [-0.05, 0) is 48.9 Å². The van der Waals surface area contributed by atoms with Crippen LogP contribution in [0.4, 0.5) is 5.82 Å². The van der Waals surface area contributed by atoms with Crippen LogP contribution in [0.1, 0.15) is 48.7 Å². The van der Waals surface area contributed by atoms with E-state index in [1.165, 1.54) is 11.1 Å². The molecule has 2 N–H and O–H groups in total. The van der Waals surface area contributed by atoms with Gasteiger partial charge in [-0.1, -0.05) is 38.1 Å². The summed E-state index contributed by atoms with van der Waals surface area (Å²) in [4.78, 5) is 23.8. The first-order valence-corrected chi connectivity index (χ1v) is 9.25. The molecule has 0 fully saturated rings. The number of aryl methyl sites for hydroxylation is 1. The summed E-state index contributed by atoms with van der Waals surface area (Å²) in [5.41, 5.74) is 4.96. The molecule has 0 saturated heterocycles. The summed E-state index contributed by atoms with van der Waals surface area (Å²) in [5, 5.41) is 3.56. The van der Waals surface area contributed by atoms with Crippen LogP contribution >= 0.6 is 0 Å². The summed E-state index contributed by atoms with van der Waals surface area (Å²) in [6, 6.07) is 12.7. The fourth-order valence-electron chi connectivity index (χ4n) is 3.86. The topological polar surface area (TPSA) is 70.7 Å². The van der Waals surface area contributed by atoms with Crippen LogP contribution in [0.5, 0.6) is 0 Å². The molecule has 2 heterocycles. The lowest BCUT2D eigenvalue weighted by Gasteiger charge is -2.19. The van der Waals surface area contributed by atoms with Crippen molar-refractivity contribution in [1.29, 1.82) is 0 Å². The van der Waals surface area contributed by atoms with Gasteiger partial charge in [-0.25, -0.2) is 9.97 Å². The lowest BCUT2D eigenvalue weighted by atomic mass is 9.86. The van der Waals surface area contributed by atoms with Crippen LogP contribution in [-0.4, -0.2) is 15.0 Å². The van der Waals surface area contributed by atoms with E-state index in [1.807, 2.05) is 19.1 Å². The number of pyridine rings is 1. The fourth-order valence-corrected chi connectivity index (χ4v) is 3.86. The van der Waals surface area contributed by atoms with Gasteiger partial charge in [-0.3, -0.25) is 4.79 Å². The number of hydrogen-bond donors (Lipinski definition) is 2. The Hall–Kier alpha value is -2.95. The average molecular weight is 360 g/mol. The Balaban J connectivity index is 1.59. The molecular formula is C22H24N4O. The van der Waals surface area contributed by atoms with E-state index in [0.717, 1.165) is 23.5 Å². The summed E-state index contributed by atoms with van der Waals surface area (Å²) in [6.07, 6.45) is 2.78. The molecule has 0 spiro atoms. The van der Waals surface area contributed by atoms with Crippen LogP contribution in [0.25, 0.3) is 11.4 Å². The Morgan fingerprint density at radius 1 is 1.15 bits per heavy atom. The van der Waals surface area contributed by atoms with Crippen molar-refractivity contribution in [3.63, 3.8) is 0 Å². The summed E-state index contributed by atoms with van der Waals surface area (Å²) in [6.45, 7) is 8.19. The number of hydrogen-bond acceptors (Lipinski definition) is 4. The third-order valence-electron chi connectivity index (χ3n) is 5.53. The van der Waals surface area contributed by atoms with Crippen molar-refractivity contribution < 1.29 is 0 Å². The van der Waals surface area contributed by atoms with Gasteiger partial charge in [0.1, 0.15) is 11.6 Å². The fraction of sp³-hybridized carbons (Fsp3) is 0.318. The predicted octanol–water partition coefficient (Wildman–Crippen LogP) is 4.28. The third-order valence-corrected chi connectivity index (χ3v) is 5.53. The highest BCUT2D eigenvalue weighted by molar-refractivity contribution is 5.57. The Labute approximate surface area is 158 Å². The summed E-state index contributed by atoms with van der Waals surface area (Å²) in [5.74, 6) is 1.37. The van der Waals surface area contributed by atoms with E-state index >= 15 is 0 Å². The molecule has 4 rings (SSSR count). The lowest BCUT2D eigenvalue weighted by molar-refractivity contribution is 0.493. The maximum atomic E-state index is 12.0. The van der Waals surface area contributed by atoms with E-state index < -0.39 is 0 Å². The van der Waals surface area contributed by atoms with Crippen molar-refractivity contribution in [2.45, 2.75) is 45.6 Å². The maximum absolute atomic E-state index is 12.0. The molecular weight excluding hydrogens is 336 g/mol. The molecule has 0 saturated carbocycles. The molecule has 5 heteroatoms. The second-order valence-corrected chi connectivity index (χ2v) is 7.93. The number of aromatic nitrogens is 3. The van der Waals surface area contributed by atoms with Crippen LogP contribution in [0.3, 0.4) is 0 Å². The van der Waals surface area contributed by atoms with Gasteiger partial charge >= 0.3 is 0 Å². The zero-order chi connectivity index (χ0) is 19.2. The van der Waals surface area contributed by atoms with Crippen molar-refractivity contribution in [2.75, 3.05) is 5.32 Å². The number of fused-ring (bicyclic) bond motifs is 1. The van der Waals surface area contributed by atoms with Crippen LogP contribution in [0, 0.1) is 13.8 Å². The zero-order valence-electron chi connectivity index (χ0n) is 16.1.